The fourth-order valence-corrected chi connectivity index (χ4v) is 4.62. The second-order valence-corrected chi connectivity index (χ2v) is 7.89. The fraction of sp³-hybridized carbons (Fsp3) is 0.0455. The van der Waals surface area contributed by atoms with Gasteiger partial charge in [0.1, 0.15) is 0 Å². The molecule has 5 aromatic rings. The molecule has 2 nitrogen and oxygen atoms in total. The summed E-state index contributed by atoms with van der Waals surface area (Å²) in [5.41, 5.74) is 6.91. The molecule has 0 aliphatic rings. The molecule has 0 aliphatic heterocycles. The van der Waals surface area contributed by atoms with Crippen LogP contribution in [-0.4, -0.2) is 9.55 Å². The zero-order valence-electron chi connectivity index (χ0n) is 13.9. The first kappa shape index (κ1) is 16.0. The van der Waals surface area contributed by atoms with Crippen LogP contribution in [0.2, 0.25) is 0 Å². The Kier molecular flexibility index (Phi) is 4.02. The predicted molar refractivity (Wildman–Crippen MR) is 120 cm³/mol. The quantitative estimate of drug-likeness (QED) is 0.207. The maximum Gasteiger partial charge on any atom is 0.0797 e. The molecule has 0 saturated heterocycles. The highest BCUT2D eigenvalue weighted by Gasteiger charge is 2.06. The SMILES string of the molecule is ICn1ccc2ccc(-c3ccc4cc(-c5cncs5)ccc4c3)cc21. The smallest absolute Gasteiger partial charge is 0.0797 e. The summed E-state index contributed by atoms with van der Waals surface area (Å²) in [6, 6.07) is 22.3. The number of nitrogens with zero attached hydrogens (tertiary/aromatic N) is 2. The van der Waals surface area contributed by atoms with Gasteiger partial charge in [0.25, 0.3) is 0 Å². The molecular formula is C22H15IN2S. The number of alkyl halides is 1. The number of thiazole rings is 1. The van der Waals surface area contributed by atoms with Crippen LogP contribution in [0.25, 0.3) is 43.2 Å². The Morgan fingerprint density at radius 1 is 0.808 bits per heavy atom. The van der Waals surface area contributed by atoms with Crippen molar-refractivity contribution >= 4 is 55.6 Å². The summed E-state index contributed by atoms with van der Waals surface area (Å²) in [7, 11) is 0. The lowest BCUT2D eigenvalue weighted by atomic mass is 9.99. The van der Waals surface area contributed by atoms with Gasteiger partial charge in [-0.1, -0.05) is 59.0 Å². The third-order valence-corrected chi connectivity index (χ3v) is 6.35. The van der Waals surface area contributed by atoms with E-state index in [0.29, 0.717) is 0 Å². The molecular weight excluding hydrogens is 451 g/mol. The Labute approximate surface area is 169 Å². The molecule has 0 bridgehead atoms. The van der Waals surface area contributed by atoms with Crippen molar-refractivity contribution in [2.24, 2.45) is 0 Å². The second-order valence-electron chi connectivity index (χ2n) is 6.32. The summed E-state index contributed by atoms with van der Waals surface area (Å²) < 4.78 is 3.24. The third kappa shape index (κ3) is 2.73. The van der Waals surface area contributed by atoms with Gasteiger partial charge in [-0.15, -0.1) is 11.3 Å². The van der Waals surface area contributed by atoms with Crippen LogP contribution in [0.3, 0.4) is 0 Å². The standard InChI is InChI=1S/C22H15IN2S/c23-13-25-8-7-15-1-2-19(11-21(15)25)17-3-4-18-10-20(6-5-16(18)9-17)22-12-24-14-26-22/h1-12,14H,13H2. The summed E-state index contributed by atoms with van der Waals surface area (Å²) >= 11 is 4.08. The van der Waals surface area contributed by atoms with Gasteiger partial charge in [-0.05, 0) is 57.1 Å². The minimum Gasteiger partial charge on any atom is -0.338 e. The first-order valence-corrected chi connectivity index (χ1v) is 10.8. The van der Waals surface area contributed by atoms with Gasteiger partial charge in [0, 0.05) is 17.9 Å². The van der Waals surface area contributed by atoms with Gasteiger partial charge in [-0.3, -0.25) is 4.98 Å². The maximum absolute atomic E-state index is 4.18. The van der Waals surface area contributed by atoms with Crippen molar-refractivity contribution in [2.75, 3.05) is 0 Å². The number of hydrogen-bond acceptors (Lipinski definition) is 2. The molecule has 0 aliphatic carbocycles. The van der Waals surface area contributed by atoms with Gasteiger partial charge in [0.15, 0.2) is 0 Å². The van der Waals surface area contributed by atoms with Crippen molar-refractivity contribution < 1.29 is 0 Å². The number of aromatic nitrogens is 2. The number of benzene rings is 3. The number of hydrogen-bond donors (Lipinski definition) is 0. The molecule has 4 heteroatoms. The molecule has 0 amide bonds. The van der Waals surface area contributed by atoms with E-state index in [1.165, 1.54) is 43.2 Å². The van der Waals surface area contributed by atoms with Crippen molar-refractivity contribution in [3.8, 4) is 21.6 Å². The Morgan fingerprint density at radius 3 is 2.23 bits per heavy atom. The lowest BCUT2D eigenvalue weighted by molar-refractivity contribution is 0.969. The summed E-state index contributed by atoms with van der Waals surface area (Å²) in [6.07, 6.45) is 4.08. The zero-order valence-corrected chi connectivity index (χ0v) is 16.9. The topological polar surface area (TPSA) is 17.8 Å². The minimum absolute atomic E-state index is 0.961. The van der Waals surface area contributed by atoms with E-state index in [9.17, 15) is 0 Å². The van der Waals surface area contributed by atoms with Crippen molar-refractivity contribution in [3.05, 3.63) is 78.6 Å². The van der Waals surface area contributed by atoms with Crippen LogP contribution in [0.4, 0.5) is 0 Å². The molecule has 0 atom stereocenters. The van der Waals surface area contributed by atoms with Crippen LogP contribution in [-0.2, 0) is 4.55 Å². The Morgan fingerprint density at radius 2 is 1.50 bits per heavy atom. The molecule has 0 spiro atoms. The van der Waals surface area contributed by atoms with E-state index in [1.807, 2.05) is 11.7 Å². The van der Waals surface area contributed by atoms with E-state index in [2.05, 4.69) is 99.0 Å². The number of fused-ring (bicyclic) bond motifs is 2. The molecule has 0 saturated carbocycles. The average Bonchev–Trinajstić information content (AvgIpc) is 3.36. The van der Waals surface area contributed by atoms with Crippen LogP contribution >= 0.6 is 33.9 Å². The fourth-order valence-electron chi connectivity index (χ4n) is 3.40. The van der Waals surface area contributed by atoms with Crippen molar-refractivity contribution in [3.63, 3.8) is 0 Å². The first-order valence-electron chi connectivity index (χ1n) is 8.40. The Hall–Kier alpha value is -2.18. The average molecular weight is 466 g/mol. The van der Waals surface area contributed by atoms with Gasteiger partial charge < -0.3 is 4.57 Å². The maximum atomic E-state index is 4.18. The van der Waals surface area contributed by atoms with Crippen molar-refractivity contribution in [1.29, 1.82) is 0 Å². The van der Waals surface area contributed by atoms with Crippen LogP contribution in [0.5, 0.6) is 0 Å². The van der Waals surface area contributed by atoms with Gasteiger partial charge in [0.05, 0.1) is 14.9 Å². The first-order chi connectivity index (χ1) is 12.8. The lowest BCUT2D eigenvalue weighted by Crippen LogP contribution is -1.88. The van der Waals surface area contributed by atoms with E-state index in [-0.39, 0.29) is 0 Å². The largest absolute Gasteiger partial charge is 0.338 e. The monoisotopic (exact) mass is 466 g/mol. The summed E-state index contributed by atoms with van der Waals surface area (Å²) in [5.74, 6) is 0. The van der Waals surface area contributed by atoms with Gasteiger partial charge >= 0.3 is 0 Å². The minimum atomic E-state index is 0.961. The molecule has 3 aromatic carbocycles. The molecule has 2 heterocycles. The summed E-state index contributed by atoms with van der Waals surface area (Å²) in [6.45, 7) is 0. The molecule has 2 aromatic heterocycles. The second kappa shape index (κ2) is 6.52. The number of halogens is 1. The lowest BCUT2D eigenvalue weighted by Gasteiger charge is -2.07. The van der Waals surface area contributed by atoms with E-state index < -0.39 is 0 Å². The van der Waals surface area contributed by atoms with Crippen LogP contribution in [0.15, 0.2) is 78.6 Å². The van der Waals surface area contributed by atoms with E-state index in [0.717, 1.165) is 4.55 Å². The molecule has 126 valence electrons. The molecule has 26 heavy (non-hydrogen) atoms. The Balaban J connectivity index is 1.60. The normalized spacial score (nSPS) is 11.4. The van der Waals surface area contributed by atoms with E-state index >= 15 is 0 Å². The Bertz CT molecular complexity index is 1220. The third-order valence-electron chi connectivity index (χ3n) is 4.79. The summed E-state index contributed by atoms with van der Waals surface area (Å²) in [4.78, 5) is 5.39. The molecule has 0 fully saturated rings. The number of rotatable bonds is 3. The highest BCUT2D eigenvalue weighted by molar-refractivity contribution is 14.1. The van der Waals surface area contributed by atoms with Crippen LogP contribution < -0.4 is 0 Å². The van der Waals surface area contributed by atoms with Crippen molar-refractivity contribution in [2.45, 2.75) is 4.55 Å². The molecule has 0 N–H and O–H groups in total. The van der Waals surface area contributed by atoms with E-state index in [4.69, 9.17) is 0 Å². The molecule has 0 radical (unpaired) electrons. The highest BCUT2D eigenvalue weighted by Crippen LogP contribution is 2.31. The predicted octanol–water partition coefficient (Wildman–Crippen LogP) is 6.98. The summed E-state index contributed by atoms with van der Waals surface area (Å²) in [5, 5.41) is 3.82. The van der Waals surface area contributed by atoms with Crippen LogP contribution in [0.1, 0.15) is 0 Å². The zero-order chi connectivity index (χ0) is 17.5. The van der Waals surface area contributed by atoms with Gasteiger partial charge in [0.2, 0.25) is 0 Å². The van der Waals surface area contributed by atoms with Gasteiger partial charge in [-0.25, -0.2) is 0 Å². The van der Waals surface area contributed by atoms with Gasteiger partial charge in [-0.2, -0.15) is 0 Å². The van der Waals surface area contributed by atoms with Crippen molar-refractivity contribution in [1.82, 2.24) is 9.55 Å². The molecule has 0 unspecified atom stereocenters. The van der Waals surface area contributed by atoms with Crippen LogP contribution in [0, 0.1) is 0 Å². The highest BCUT2D eigenvalue weighted by atomic mass is 127. The van der Waals surface area contributed by atoms with E-state index in [1.54, 1.807) is 11.3 Å². The molecule has 5 rings (SSSR count).